The molecule has 1 fully saturated rings. The maximum absolute atomic E-state index is 13.3. The summed E-state index contributed by atoms with van der Waals surface area (Å²) in [4.78, 5) is 68.6. The van der Waals surface area contributed by atoms with E-state index in [1.807, 2.05) is 6.92 Å². The first-order chi connectivity index (χ1) is 19.0. The zero-order valence-corrected chi connectivity index (χ0v) is 26.1. The number of hydrogen-bond acceptors (Lipinski definition) is 11. The lowest BCUT2D eigenvalue weighted by Gasteiger charge is -2.50. The summed E-state index contributed by atoms with van der Waals surface area (Å²) in [5.41, 5.74) is -0.936. The van der Waals surface area contributed by atoms with Crippen LogP contribution in [0.15, 0.2) is 21.9 Å². The first-order valence-electron chi connectivity index (χ1n) is 12.7. The maximum Gasteiger partial charge on any atom is 0.413 e. The average Bonchev–Trinajstić information content (AvgIpc) is 3.31. The molecular formula is C26H33ClN4O8S2. The van der Waals surface area contributed by atoms with Gasteiger partial charge >= 0.3 is 18.0 Å². The number of allylic oxidation sites excluding steroid dienone is 1. The number of rotatable bonds is 8. The number of anilines is 1. The van der Waals surface area contributed by atoms with Gasteiger partial charge < -0.3 is 24.4 Å². The van der Waals surface area contributed by atoms with Gasteiger partial charge in [-0.05, 0) is 53.4 Å². The molecule has 1 unspecified atom stereocenters. The molecule has 0 aliphatic carbocycles. The minimum atomic E-state index is -1.23. The Balaban J connectivity index is 1.65. The molecule has 0 radical (unpaired) electrons. The van der Waals surface area contributed by atoms with Crippen LogP contribution in [0.2, 0.25) is 0 Å². The fourth-order valence-corrected chi connectivity index (χ4v) is 5.76. The number of thioether (sulfide) groups is 1. The van der Waals surface area contributed by atoms with Crippen LogP contribution in [-0.4, -0.2) is 69.6 Å². The van der Waals surface area contributed by atoms with Crippen molar-refractivity contribution in [3.05, 3.63) is 27.6 Å². The largest absolute Gasteiger partial charge is 0.444 e. The number of aromatic nitrogens is 1. The Labute approximate surface area is 251 Å². The molecule has 12 nitrogen and oxygen atoms in total. The van der Waals surface area contributed by atoms with Gasteiger partial charge in [-0.3, -0.25) is 19.7 Å². The SMILES string of the molecule is CCC=C(C(=O)N[C@@H]1C(=O)N2C(C(=O)OCOC(=O)C(C)(C)C)C(Cl)=CS[C@@H]12)c1csc(NC(=O)OC(C)(C)C)n1. The van der Waals surface area contributed by atoms with E-state index < -0.39 is 65.1 Å². The van der Waals surface area contributed by atoms with Crippen molar-refractivity contribution in [2.45, 2.75) is 77.9 Å². The zero-order chi connectivity index (χ0) is 30.7. The van der Waals surface area contributed by atoms with Gasteiger partial charge in [0.1, 0.15) is 17.0 Å². The summed E-state index contributed by atoms with van der Waals surface area (Å²) in [6, 6.07) is -2.18. The maximum atomic E-state index is 13.3. The lowest BCUT2D eigenvalue weighted by Crippen LogP contribution is -2.73. The van der Waals surface area contributed by atoms with Crippen molar-refractivity contribution >= 4 is 75.3 Å². The zero-order valence-electron chi connectivity index (χ0n) is 23.7. The molecule has 224 valence electrons. The fourth-order valence-electron chi connectivity index (χ4n) is 3.61. The molecule has 3 atom stereocenters. The van der Waals surface area contributed by atoms with Crippen LogP contribution >= 0.6 is 34.7 Å². The van der Waals surface area contributed by atoms with Gasteiger partial charge in [0.15, 0.2) is 11.2 Å². The topological polar surface area (TPSA) is 153 Å². The predicted octanol–water partition coefficient (Wildman–Crippen LogP) is 4.22. The highest BCUT2D eigenvalue weighted by atomic mass is 35.5. The monoisotopic (exact) mass is 628 g/mol. The molecular weight excluding hydrogens is 596 g/mol. The van der Waals surface area contributed by atoms with Crippen molar-refractivity contribution in [1.29, 1.82) is 0 Å². The highest BCUT2D eigenvalue weighted by molar-refractivity contribution is 8.03. The van der Waals surface area contributed by atoms with Gasteiger partial charge in [-0.25, -0.2) is 14.6 Å². The molecule has 1 aromatic rings. The summed E-state index contributed by atoms with van der Waals surface area (Å²) in [5, 5.41) is 8.07. The van der Waals surface area contributed by atoms with Crippen LogP contribution in [0.1, 0.15) is 60.6 Å². The standard InChI is InChI=1S/C26H33ClN4O8S2/c1-8-9-13(15-11-41-23(28-15)30-24(36)39-26(5,6)7)18(32)29-16-19(33)31-17(14(27)10-40-20(16)31)21(34)37-12-38-22(35)25(2,3)4/h9-11,16-17,20H,8,12H2,1-7H3,(H,29,32)(H,28,30,36)/t16-,17?,20+/m1/s1. The van der Waals surface area contributed by atoms with Gasteiger partial charge in [0, 0.05) is 5.38 Å². The summed E-state index contributed by atoms with van der Waals surface area (Å²) < 4.78 is 15.3. The van der Waals surface area contributed by atoms with Gasteiger partial charge in [-0.1, -0.05) is 24.6 Å². The minimum absolute atomic E-state index is 0.0654. The Morgan fingerprint density at radius 2 is 1.83 bits per heavy atom. The third-order valence-corrected chi connectivity index (χ3v) is 7.86. The van der Waals surface area contributed by atoms with Crippen LogP contribution in [0.25, 0.3) is 5.57 Å². The second-order valence-corrected chi connectivity index (χ2v) is 13.4. The van der Waals surface area contributed by atoms with E-state index in [2.05, 4.69) is 15.6 Å². The minimum Gasteiger partial charge on any atom is -0.444 e. The van der Waals surface area contributed by atoms with Crippen molar-refractivity contribution in [3.8, 4) is 0 Å². The first kappa shape index (κ1) is 32.4. The highest BCUT2D eigenvalue weighted by Crippen LogP contribution is 2.41. The molecule has 0 bridgehead atoms. The Hall–Kier alpha value is -3.10. The third-order valence-electron chi connectivity index (χ3n) is 5.49. The normalized spacial score (nSPS) is 20.7. The molecule has 3 heterocycles. The summed E-state index contributed by atoms with van der Waals surface area (Å²) in [6.45, 7) is 11.4. The van der Waals surface area contributed by atoms with Crippen LogP contribution < -0.4 is 10.6 Å². The quantitative estimate of drug-likeness (QED) is 0.185. The molecule has 0 spiro atoms. The number of β-lactam (4-membered cyclic amide) rings is 1. The van der Waals surface area contributed by atoms with Crippen molar-refractivity contribution in [3.63, 3.8) is 0 Å². The summed E-state index contributed by atoms with van der Waals surface area (Å²) >= 11 is 8.54. The van der Waals surface area contributed by atoms with Crippen LogP contribution in [0, 0.1) is 5.41 Å². The van der Waals surface area contributed by atoms with E-state index >= 15 is 0 Å². The van der Waals surface area contributed by atoms with Crippen molar-refractivity contribution < 1.29 is 38.2 Å². The van der Waals surface area contributed by atoms with Crippen LogP contribution in [0.4, 0.5) is 9.93 Å². The predicted molar refractivity (Wildman–Crippen MR) is 155 cm³/mol. The highest BCUT2D eigenvalue weighted by Gasteiger charge is 2.56. The molecule has 2 aliphatic rings. The van der Waals surface area contributed by atoms with Crippen molar-refractivity contribution in [2.75, 3.05) is 12.1 Å². The van der Waals surface area contributed by atoms with E-state index in [-0.39, 0.29) is 15.7 Å². The first-order valence-corrected chi connectivity index (χ1v) is 14.9. The van der Waals surface area contributed by atoms with Gasteiger partial charge in [0.05, 0.1) is 21.7 Å². The van der Waals surface area contributed by atoms with E-state index in [1.54, 1.807) is 53.0 Å². The molecule has 0 saturated carbocycles. The molecule has 41 heavy (non-hydrogen) atoms. The number of ether oxygens (including phenoxy) is 3. The smallest absolute Gasteiger partial charge is 0.413 e. The number of amides is 3. The van der Waals surface area contributed by atoms with E-state index in [0.29, 0.717) is 12.1 Å². The fraction of sp³-hybridized carbons (Fsp3) is 0.538. The molecule has 2 N–H and O–H groups in total. The lowest BCUT2D eigenvalue weighted by atomic mass is 9.98. The van der Waals surface area contributed by atoms with Crippen molar-refractivity contribution in [1.82, 2.24) is 15.2 Å². The second kappa shape index (κ2) is 12.8. The van der Waals surface area contributed by atoms with Crippen LogP contribution in [0.3, 0.4) is 0 Å². The number of fused-ring (bicyclic) bond motifs is 1. The number of nitrogens with one attached hydrogen (secondary N) is 2. The summed E-state index contributed by atoms with van der Waals surface area (Å²) in [6.07, 6.45) is 1.49. The molecule has 2 aliphatic heterocycles. The van der Waals surface area contributed by atoms with Gasteiger partial charge in [0.25, 0.3) is 5.91 Å². The third kappa shape index (κ3) is 8.01. The number of esters is 2. The Morgan fingerprint density at radius 1 is 1.15 bits per heavy atom. The van der Waals surface area contributed by atoms with Gasteiger partial charge in [-0.15, -0.1) is 23.1 Å². The number of carbonyl (C=O) groups excluding carboxylic acids is 5. The molecule has 1 aromatic heterocycles. The molecule has 0 aromatic carbocycles. The Morgan fingerprint density at radius 3 is 2.44 bits per heavy atom. The summed E-state index contributed by atoms with van der Waals surface area (Å²) in [7, 11) is 0. The number of carbonyl (C=O) groups is 5. The lowest BCUT2D eigenvalue weighted by molar-refractivity contribution is -0.178. The van der Waals surface area contributed by atoms with E-state index in [1.165, 1.54) is 22.1 Å². The van der Waals surface area contributed by atoms with E-state index in [4.69, 9.17) is 25.8 Å². The Bertz CT molecular complexity index is 1280. The number of halogens is 1. The van der Waals surface area contributed by atoms with Gasteiger partial charge in [0.2, 0.25) is 12.7 Å². The second-order valence-electron chi connectivity index (χ2n) is 11.1. The molecule has 3 amide bonds. The van der Waals surface area contributed by atoms with Gasteiger partial charge in [-0.2, -0.15) is 0 Å². The molecule has 3 rings (SSSR count). The number of nitrogens with zero attached hydrogens (tertiary/aromatic N) is 2. The van der Waals surface area contributed by atoms with Crippen molar-refractivity contribution in [2.24, 2.45) is 5.41 Å². The Kier molecular flexibility index (Phi) is 10.1. The molecule has 1 saturated heterocycles. The van der Waals surface area contributed by atoms with Crippen LogP contribution in [-0.2, 0) is 33.4 Å². The van der Waals surface area contributed by atoms with Crippen LogP contribution in [0.5, 0.6) is 0 Å². The van der Waals surface area contributed by atoms with E-state index in [0.717, 1.165) is 11.3 Å². The van der Waals surface area contributed by atoms with E-state index in [9.17, 15) is 24.0 Å². The molecule has 15 heteroatoms. The number of thiazole rings is 1. The average molecular weight is 629 g/mol. The summed E-state index contributed by atoms with van der Waals surface area (Å²) in [5.74, 6) is -2.50. The number of hydrogen-bond donors (Lipinski definition) is 2.